The molecule has 7 nitrogen and oxygen atoms in total. The number of guanidine groups is 1. The van der Waals surface area contributed by atoms with Crippen LogP contribution in [0.2, 0.25) is 0 Å². The van der Waals surface area contributed by atoms with Crippen LogP contribution in [-0.4, -0.2) is 45.3 Å². The van der Waals surface area contributed by atoms with E-state index in [1.54, 1.807) is 0 Å². The van der Waals surface area contributed by atoms with E-state index in [1.807, 2.05) is 24.1 Å². The molecule has 2 aromatic heterocycles. The second kappa shape index (κ2) is 9.76. The average Bonchev–Trinajstić information content (AvgIpc) is 3.32. The fraction of sp³-hybridized carbons (Fsp3) is 0.650. The number of aryl methyl sites for hydroxylation is 1. The van der Waals surface area contributed by atoms with Gasteiger partial charge in [-0.3, -0.25) is 4.68 Å². The summed E-state index contributed by atoms with van der Waals surface area (Å²) in [6.07, 6.45) is 8.14. The molecule has 0 radical (unpaired) electrons. The summed E-state index contributed by atoms with van der Waals surface area (Å²) >= 11 is 0. The van der Waals surface area contributed by atoms with Crippen molar-refractivity contribution in [1.29, 1.82) is 0 Å². The van der Waals surface area contributed by atoms with Crippen LogP contribution in [0, 0.1) is 5.92 Å². The SMILES string of the molecule is CCNC(=NCc1ncc(C(C)(C)C)o1)N1CCC(Cc2cnn(C)c2)C1.I. The molecule has 1 aliphatic heterocycles. The van der Waals surface area contributed by atoms with Gasteiger partial charge in [-0.15, -0.1) is 24.0 Å². The Kier molecular flexibility index (Phi) is 7.91. The number of likely N-dealkylation sites (tertiary alicyclic amines) is 1. The highest BCUT2D eigenvalue weighted by Gasteiger charge is 2.25. The van der Waals surface area contributed by atoms with Crippen molar-refractivity contribution < 1.29 is 4.42 Å². The summed E-state index contributed by atoms with van der Waals surface area (Å²) < 4.78 is 7.74. The maximum absolute atomic E-state index is 5.87. The van der Waals surface area contributed by atoms with Crippen LogP contribution in [0.4, 0.5) is 0 Å². The summed E-state index contributed by atoms with van der Waals surface area (Å²) in [6, 6.07) is 0. The van der Waals surface area contributed by atoms with Gasteiger partial charge in [-0.05, 0) is 31.2 Å². The van der Waals surface area contributed by atoms with E-state index >= 15 is 0 Å². The van der Waals surface area contributed by atoms with Crippen LogP contribution in [0.25, 0.3) is 0 Å². The number of hydrogen-bond donors (Lipinski definition) is 1. The molecule has 3 heterocycles. The van der Waals surface area contributed by atoms with Gasteiger partial charge in [-0.1, -0.05) is 20.8 Å². The van der Waals surface area contributed by atoms with Crippen LogP contribution >= 0.6 is 24.0 Å². The first kappa shape index (κ1) is 22.7. The first-order valence-electron chi connectivity index (χ1n) is 9.81. The molecule has 1 saturated heterocycles. The smallest absolute Gasteiger partial charge is 0.216 e. The molecule has 0 amide bonds. The van der Waals surface area contributed by atoms with Gasteiger partial charge in [-0.2, -0.15) is 5.10 Å². The van der Waals surface area contributed by atoms with Crippen LogP contribution in [0.5, 0.6) is 0 Å². The molecule has 1 atom stereocenters. The molecule has 0 bridgehead atoms. The highest BCUT2D eigenvalue weighted by atomic mass is 127. The minimum Gasteiger partial charge on any atom is -0.443 e. The number of halogens is 1. The fourth-order valence-corrected chi connectivity index (χ4v) is 3.40. The number of nitrogens with zero attached hydrogens (tertiary/aromatic N) is 5. The fourth-order valence-electron chi connectivity index (χ4n) is 3.40. The van der Waals surface area contributed by atoms with Gasteiger partial charge in [0.05, 0.1) is 12.4 Å². The minimum absolute atomic E-state index is 0. The lowest BCUT2D eigenvalue weighted by Gasteiger charge is -2.21. The molecule has 0 spiro atoms. The molecule has 2 aromatic rings. The van der Waals surface area contributed by atoms with Crippen molar-refractivity contribution in [3.63, 3.8) is 0 Å². The standard InChI is InChI=1S/C20H32N6O.HI/c1-6-21-19(23-12-18-22-11-17(27-18)20(2,3)4)26-8-7-15(14-26)9-16-10-24-25(5)13-16;/h10-11,13,15H,6-9,12,14H2,1-5H3,(H,21,23);1H. The third kappa shape index (κ3) is 5.96. The van der Waals surface area contributed by atoms with E-state index in [2.05, 4.69) is 54.2 Å². The number of rotatable bonds is 5. The second-order valence-electron chi connectivity index (χ2n) is 8.37. The van der Waals surface area contributed by atoms with Crippen molar-refractivity contribution in [2.24, 2.45) is 18.0 Å². The van der Waals surface area contributed by atoms with Crippen LogP contribution in [0.1, 0.15) is 51.3 Å². The van der Waals surface area contributed by atoms with Crippen LogP contribution < -0.4 is 5.32 Å². The molecule has 28 heavy (non-hydrogen) atoms. The Morgan fingerprint density at radius 3 is 2.75 bits per heavy atom. The van der Waals surface area contributed by atoms with Crippen LogP contribution in [0.15, 0.2) is 28.0 Å². The van der Waals surface area contributed by atoms with E-state index in [4.69, 9.17) is 9.41 Å². The molecule has 0 aliphatic carbocycles. The van der Waals surface area contributed by atoms with Gasteiger partial charge in [0.2, 0.25) is 5.89 Å². The third-order valence-electron chi connectivity index (χ3n) is 4.86. The summed E-state index contributed by atoms with van der Waals surface area (Å²) in [4.78, 5) is 11.5. The zero-order valence-electron chi connectivity index (χ0n) is 17.6. The lowest BCUT2D eigenvalue weighted by molar-refractivity contribution is 0.382. The zero-order valence-corrected chi connectivity index (χ0v) is 19.9. The Morgan fingerprint density at radius 2 is 2.14 bits per heavy atom. The summed E-state index contributed by atoms with van der Waals surface area (Å²) in [5.74, 6) is 3.14. The maximum atomic E-state index is 5.87. The number of nitrogens with one attached hydrogen (secondary N) is 1. The lowest BCUT2D eigenvalue weighted by atomic mass is 9.94. The van der Waals surface area contributed by atoms with Gasteiger partial charge in [0, 0.05) is 38.3 Å². The van der Waals surface area contributed by atoms with Crippen molar-refractivity contribution in [3.05, 3.63) is 35.8 Å². The molecule has 0 saturated carbocycles. The van der Waals surface area contributed by atoms with E-state index in [0.717, 1.165) is 37.8 Å². The molecule has 1 fully saturated rings. The average molecular weight is 500 g/mol. The van der Waals surface area contributed by atoms with Gasteiger partial charge in [-0.25, -0.2) is 9.98 Å². The van der Waals surface area contributed by atoms with Crippen molar-refractivity contribution in [2.75, 3.05) is 19.6 Å². The summed E-state index contributed by atoms with van der Waals surface area (Å²) in [5.41, 5.74) is 1.27. The zero-order chi connectivity index (χ0) is 19.4. The highest BCUT2D eigenvalue weighted by molar-refractivity contribution is 14.0. The maximum Gasteiger partial charge on any atom is 0.216 e. The number of hydrogen-bond acceptors (Lipinski definition) is 4. The van der Waals surface area contributed by atoms with Gasteiger partial charge >= 0.3 is 0 Å². The van der Waals surface area contributed by atoms with E-state index in [1.165, 1.54) is 12.0 Å². The van der Waals surface area contributed by atoms with Crippen molar-refractivity contribution in [3.8, 4) is 0 Å². The van der Waals surface area contributed by atoms with Gasteiger partial charge in [0.1, 0.15) is 12.3 Å². The summed E-state index contributed by atoms with van der Waals surface area (Å²) in [5, 5.41) is 7.68. The van der Waals surface area contributed by atoms with Gasteiger partial charge < -0.3 is 14.6 Å². The monoisotopic (exact) mass is 500 g/mol. The number of oxazole rings is 1. The highest BCUT2D eigenvalue weighted by Crippen LogP contribution is 2.23. The Morgan fingerprint density at radius 1 is 1.36 bits per heavy atom. The molecular weight excluding hydrogens is 467 g/mol. The van der Waals surface area contributed by atoms with Crippen LogP contribution in [-0.2, 0) is 25.4 Å². The molecule has 156 valence electrons. The van der Waals surface area contributed by atoms with Crippen molar-refractivity contribution in [2.45, 2.75) is 52.5 Å². The normalized spacial score (nSPS) is 17.7. The quantitative estimate of drug-likeness (QED) is 0.388. The molecule has 0 aromatic carbocycles. The Hall–Kier alpha value is -1.58. The van der Waals surface area contributed by atoms with E-state index in [0.29, 0.717) is 18.4 Å². The van der Waals surface area contributed by atoms with E-state index in [9.17, 15) is 0 Å². The number of aliphatic imine (C=N–C) groups is 1. The molecule has 1 unspecified atom stereocenters. The van der Waals surface area contributed by atoms with Gasteiger partial charge in [0.15, 0.2) is 5.96 Å². The van der Waals surface area contributed by atoms with Crippen LogP contribution in [0.3, 0.4) is 0 Å². The largest absolute Gasteiger partial charge is 0.443 e. The van der Waals surface area contributed by atoms with E-state index < -0.39 is 0 Å². The summed E-state index contributed by atoms with van der Waals surface area (Å²) in [6.45, 7) is 11.8. The lowest BCUT2D eigenvalue weighted by Crippen LogP contribution is -2.40. The molecule has 8 heteroatoms. The topological polar surface area (TPSA) is 71.5 Å². The molecule has 3 rings (SSSR count). The second-order valence-corrected chi connectivity index (χ2v) is 8.37. The van der Waals surface area contributed by atoms with Gasteiger partial charge in [0.25, 0.3) is 0 Å². The molecule has 1 aliphatic rings. The third-order valence-corrected chi connectivity index (χ3v) is 4.86. The van der Waals surface area contributed by atoms with Crippen molar-refractivity contribution in [1.82, 2.24) is 25.0 Å². The first-order valence-corrected chi connectivity index (χ1v) is 9.81. The Balaban J connectivity index is 0.00000280. The summed E-state index contributed by atoms with van der Waals surface area (Å²) in [7, 11) is 1.97. The van der Waals surface area contributed by atoms with Crippen molar-refractivity contribution >= 4 is 29.9 Å². The Labute approximate surface area is 185 Å². The minimum atomic E-state index is -0.0338. The molecular formula is C20H33IN6O. The first-order chi connectivity index (χ1) is 12.8. The molecule has 1 N–H and O–H groups in total. The predicted octanol–water partition coefficient (Wildman–Crippen LogP) is 3.35. The number of aromatic nitrogens is 3. The predicted molar refractivity (Wildman–Crippen MR) is 122 cm³/mol. The van der Waals surface area contributed by atoms with E-state index in [-0.39, 0.29) is 29.4 Å². The Bertz CT molecular complexity index is 776.